The molecule has 1 N–H and O–H groups in total. The average molecular weight is 361 g/mol. The molecule has 4 rings (SSSR count). The molecule has 0 amide bonds. The number of aromatic nitrogens is 6. The lowest BCUT2D eigenvalue weighted by atomic mass is 10.1. The Morgan fingerprint density at radius 3 is 2.63 bits per heavy atom. The van der Waals surface area contributed by atoms with Crippen LogP contribution in [0.4, 0.5) is 11.5 Å². The molecule has 11 heteroatoms. The topological polar surface area (TPSA) is 136 Å². The van der Waals surface area contributed by atoms with Crippen LogP contribution in [0.3, 0.4) is 0 Å². The van der Waals surface area contributed by atoms with E-state index in [2.05, 4.69) is 36.1 Å². The van der Waals surface area contributed by atoms with Crippen LogP contribution in [0, 0.1) is 10.1 Å². The lowest BCUT2D eigenvalue weighted by Crippen LogP contribution is -2.05. The first-order valence-corrected chi connectivity index (χ1v) is 7.76. The molecule has 0 atom stereocenters. The summed E-state index contributed by atoms with van der Waals surface area (Å²) in [4.78, 5) is 14.6. The average Bonchev–Trinajstić information content (AvgIpc) is 3.16. The van der Waals surface area contributed by atoms with Gasteiger partial charge in [0.2, 0.25) is 0 Å². The summed E-state index contributed by atoms with van der Waals surface area (Å²) in [5.74, 6) is 0.601. The maximum atomic E-state index is 10.7. The second kappa shape index (κ2) is 6.92. The van der Waals surface area contributed by atoms with E-state index in [9.17, 15) is 10.1 Å². The zero-order valence-electron chi connectivity index (χ0n) is 13.7. The van der Waals surface area contributed by atoms with E-state index in [1.165, 1.54) is 23.0 Å². The Morgan fingerprint density at radius 2 is 1.89 bits per heavy atom. The van der Waals surface area contributed by atoms with Gasteiger partial charge < -0.3 is 0 Å². The van der Waals surface area contributed by atoms with Gasteiger partial charge in [0, 0.05) is 17.7 Å². The number of tetrazole rings is 1. The highest BCUT2D eigenvalue weighted by molar-refractivity contribution is 5.81. The SMILES string of the molecule is O=[N+]([O-])c1ccc(C=NNc2nc3nnnn3nc2-c2ccccc2)cc1. The lowest BCUT2D eigenvalue weighted by Gasteiger charge is -2.06. The number of fused-ring (bicyclic) bond motifs is 1. The second-order valence-electron chi connectivity index (χ2n) is 5.36. The van der Waals surface area contributed by atoms with Gasteiger partial charge in [-0.05, 0) is 28.1 Å². The third kappa shape index (κ3) is 3.42. The van der Waals surface area contributed by atoms with Gasteiger partial charge in [0.15, 0.2) is 5.82 Å². The fourth-order valence-electron chi connectivity index (χ4n) is 2.32. The molecule has 0 saturated heterocycles. The number of nitrogens with one attached hydrogen (secondary N) is 1. The number of nitro benzene ring substituents is 1. The third-order valence-corrected chi connectivity index (χ3v) is 3.60. The summed E-state index contributed by atoms with van der Waals surface area (Å²) < 4.78 is 1.23. The largest absolute Gasteiger partial charge is 0.293 e. The summed E-state index contributed by atoms with van der Waals surface area (Å²) in [6.07, 6.45) is 1.52. The fourth-order valence-corrected chi connectivity index (χ4v) is 2.32. The molecule has 132 valence electrons. The van der Waals surface area contributed by atoms with Gasteiger partial charge >= 0.3 is 0 Å². The minimum atomic E-state index is -0.456. The lowest BCUT2D eigenvalue weighted by molar-refractivity contribution is -0.384. The molecule has 2 aromatic heterocycles. The van der Waals surface area contributed by atoms with Crippen molar-refractivity contribution in [3.8, 4) is 11.3 Å². The molecule has 4 aromatic rings. The van der Waals surface area contributed by atoms with Crippen molar-refractivity contribution in [1.29, 1.82) is 0 Å². The maximum Gasteiger partial charge on any atom is 0.293 e. The number of hydrazone groups is 1. The van der Waals surface area contributed by atoms with Gasteiger partial charge in [-0.1, -0.05) is 40.1 Å². The van der Waals surface area contributed by atoms with E-state index in [1.807, 2.05) is 30.3 Å². The van der Waals surface area contributed by atoms with E-state index in [0.717, 1.165) is 5.56 Å². The molecular weight excluding hydrogens is 350 g/mol. The molecule has 0 saturated carbocycles. The van der Waals surface area contributed by atoms with E-state index in [-0.39, 0.29) is 11.5 Å². The van der Waals surface area contributed by atoms with E-state index in [4.69, 9.17) is 0 Å². The number of benzene rings is 2. The van der Waals surface area contributed by atoms with Crippen molar-refractivity contribution in [1.82, 2.24) is 30.2 Å². The Morgan fingerprint density at radius 1 is 1.11 bits per heavy atom. The number of anilines is 1. The first-order chi connectivity index (χ1) is 13.2. The predicted molar refractivity (Wildman–Crippen MR) is 96.1 cm³/mol. The van der Waals surface area contributed by atoms with Crippen LogP contribution < -0.4 is 5.43 Å². The number of hydrogen-bond acceptors (Lipinski definition) is 9. The van der Waals surface area contributed by atoms with Crippen LogP contribution in [0.5, 0.6) is 0 Å². The molecular formula is C16H11N9O2. The predicted octanol–water partition coefficient (Wildman–Crippen LogP) is 1.94. The van der Waals surface area contributed by atoms with Crippen LogP contribution >= 0.6 is 0 Å². The standard InChI is InChI=1S/C16H11N9O2/c26-25(27)13-8-6-11(7-9-13)10-17-19-15-14(12-4-2-1-3-5-12)21-24-16(18-15)20-22-23-24/h1-10H,(H,18,19,20,23). The highest BCUT2D eigenvalue weighted by Gasteiger charge is 2.12. The van der Waals surface area contributed by atoms with Crippen LogP contribution in [-0.2, 0) is 0 Å². The Balaban J connectivity index is 1.63. The summed E-state index contributed by atoms with van der Waals surface area (Å²) in [7, 11) is 0. The molecule has 0 aliphatic rings. The van der Waals surface area contributed by atoms with Crippen LogP contribution in [0.1, 0.15) is 5.56 Å². The molecule has 0 aliphatic heterocycles. The Kier molecular flexibility index (Phi) is 4.15. The van der Waals surface area contributed by atoms with Gasteiger partial charge in [-0.15, -0.1) is 5.10 Å². The van der Waals surface area contributed by atoms with E-state index >= 15 is 0 Å². The van der Waals surface area contributed by atoms with Crippen molar-refractivity contribution < 1.29 is 4.92 Å². The number of hydrogen-bond donors (Lipinski definition) is 1. The van der Waals surface area contributed by atoms with Crippen molar-refractivity contribution in [2.45, 2.75) is 0 Å². The maximum absolute atomic E-state index is 10.7. The fraction of sp³-hybridized carbons (Fsp3) is 0. The minimum Gasteiger partial charge on any atom is -0.259 e. The van der Waals surface area contributed by atoms with Crippen molar-refractivity contribution in [3.63, 3.8) is 0 Å². The summed E-state index contributed by atoms with van der Waals surface area (Å²) >= 11 is 0. The van der Waals surface area contributed by atoms with Crippen LogP contribution in [-0.4, -0.2) is 41.4 Å². The molecule has 27 heavy (non-hydrogen) atoms. The zero-order chi connectivity index (χ0) is 18.6. The van der Waals surface area contributed by atoms with Gasteiger partial charge in [-0.3, -0.25) is 15.5 Å². The van der Waals surface area contributed by atoms with Crippen LogP contribution in [0.15, 0.2) is 59.7 Å². The summed E-state index contributed by atoms with van der Waals surface area (Å²) in [6, 6.07) is 15.4. The molecule has 2 aromatic carbocycles. The smallest absolute Gasteiger partial charge is 0.259 e. The van der Waals surface area contributed by atoms with Crippen LogP contribution in [0.25, 0.3) is 17.0 Å². The number of nitro groups is 1. The van der Waals surface area contributed by atoms with Crippen molar-refractivity contribution >= 4 is 23.5 Å². The zero-order valence-corrected chi connectivity index (χ0v) is 13.7. The van der Waals surface area contributed by atoms with E-state index in [0.29, 0.717) is 17.1 Å². The van der Waals surface area contributed by atoms with Crippen molar-refractivity contribution in [3.05, 3.63) is 70.3 Å². The minimum absolute atomic E-state index is 0.0158. The summed E-state index contributed by atoms with van der Waals surface area (Å²) in [6.45, 7) is 0. The molecule has 0 bridgehead atoms. The summed E-state index contributed by atoms with van der Waals surface area (Å²) in [5, 5.41) is 30.3. The number of nitrogens with zero attached hydrogens (tertiary/aromatic N) is 8. The monoisotopic (exact) mass is 361 g/mol. The van der Waals surface area contributed by atoms with Gasteiger partial charge in [-0.25, -0.2) is 0 Å². The quantitative estimate of drug-likeness (QED) is 0.323. The van der Waals surface area contributed by atoms with Gasteiger partial charge in [0.25, 0.3) is 11.5 Å². The second-order valence-corrected chi connectivity index (χ2v) is 5.36. The molecule has 0 spiro atoms. The molecule has 0 fully saturated rings. The number of rotatable bonds is 5. The highest BCUT2D eigenvalue weighted by Crippen LogP contribution is 2.23. The molecule has 0 aliphatic carbocycles. The first kappa shape index (κ1) is 16.2. The van der Waals surface area contributed by atoms with Gasteiger partial charge in [0.1, 0.15) is 5.69 Å². The Labute approximate surface area is 151 Å². The third-order valence-electron chi connectivity index (χ3n) is 3.60. The van der Waals surface area contributed by atoms with Crippen molar-refractivity contribution in [2.24, 2.45) is 5.10 Å². The number of non-ortho nitro benzene ring substituents is 1. The van der Waals surface area contributed by atoms with Gasteiger partial charge in [0.05, 0.1) is 11.1 Å². The highest BCUT2D eigenvalue weighted by atomic mass is 16.6. The normalized spacial score (nSPS) is 11.1. The summed E-state index contributed by atoms with van der Waals surface area (Å²) in [5.41, 5.74) is 4.88. The Bertz CT molecular complexity index is 1120. The first-order valence-electron chi connectivity index (χ1n) is 7.76. The molecule has 2 heterocycles. The Hall–Kier alpha value is -4.28. The van der Waals surface area contributed by atoms with E-state index < -0.39 is 4.92 Å². The molecule has 0 unspecified atom stereocenters. The van der Waals surface area contributed by atoms with E-state index in [1.54, 1.807) is 12.1 Å². The van der Waals surface area contributed by atoms with Crippen LogP contribution in [0.2, 0.25) is 0 Å². The van der Waals surface area contributed by atoms with Crippen molar-refractivity contribution in [2.75, 3.05) is 5.43 Å². The molecule has 11 nitrogen and oxygen atoms in total. The molecule has 0 radical (unpaired) electrons. The van der Waals surface area contributed by atoms with Gasteiger partial charge in [-0.2, -0.15) is 10.1 Å².